The number of halogens is 1. The van der Waals surface area contributed by atoms with E-state index in [1.54, 1.807) is 31.4 Å². The molecule has 0 atom stereocenters. The molecule has 1 fully saturated rings. The second kappa shape index (κ2) is 9.60. The molecule has 152 valence electrons. The fraction of sp³-hybridized carbons (Fsp3) is 0.273. The molecule has 1 saturated heterocycles. The highest BCUT2D eigenvalue weighted by Crippen LogP contribution is 2.38. The van der Waals surface area contributed by atoms with Gasteiger partial charge in [0.1, 0.15) is 11.5 Å². The summed E-state index contributed by atoms with van der Waals surface area (Å²) in [5, 5.41) is 0.452. The molecule has 5 nitrogen and oxygen atoms in total. The molecule has 2 aromatic rings. The standard InChI is InChI=1S/C22H23FN2O3S/c1-4-13-28-20-15(9-8-12-18(20)27-3)14-19-21(26)25(5-2)22(29-19)24-17-11-7-6-10-16(17)23/h6-12,14H,4-5,13H2,1-3H3/b19-14+,24-22?. The smallest absolute Gasteiger partial charge is 0.266 e. The number of amidine groups is 1. The lowest BCUT2D eigenvalue weighted by molar-refractivity contribution is -0.122. The van der Waals surface area contributed by atoms with Gasteiger partial charge in [-0.1, -0.05) is 31.2 Å². The topological polar surface area (TPSA) is 51.1 Å². The summed E-state index contributed by atoms with van der Waals surface area (Å²) in [6.45, 7) is 4.86. The zero-order valence-electron chi connectivity index (χ0n) is 16.6. The van der Waals surface area contributed by atoms with E-state index in [0.29, 0.717) is 34.7 Å². The first-order chi connectivity index (χ1) is 14.1. The maximum absolute atomic E-state index is 14.0. The molecule has 0 N–H and O–H groups in total. The van der Waals surface area contributed by atoms with E-state index in [-0.39, 0.29) is 11.6 Å². The maximum atomic E-state index is 14.0. The quantitative estimate of drug-likeness (QED) is 0.581. The minimum absolute atomic E-state index is 0.170. The first kappa shape index (κ1) is 20.9. The number of thioether (sulfide) groups is 1. The summed E-state index contributed by atoms with van der Waals surface area (Å²) in [7, 11) is 1.58. The Kier molecular flexibility index (Phi) is 6.93. The summed E-state index contributed by atoms with van der Waals surface area (Å²) in [5.41, 5.74) is 0.952. The third-order valence-electron chi connectivity index (χ3n) is 4.24. The summed E-state index contributed by atoms with van der Waals surface area (Å²) in [5.74, 6) is 0.609. The molecule has 1 heterocycles. The highest BCUT2D eigenvalue weighted by molar-refractivity contribution is 8.18. The molecular formula is C22H23FN2O3S. The van der Waals surface area contributed by atoms with E-state index < -0.39 is 5.82 Å². The van der Waals surface area contributed by atoms with Crippen LogP contribution in [-0.4, -0.2) is 36.2 Å². The van der Waals surface area contributed by atoms with Gasteiger partial charge in [-0.2, -0.15) is 0 Å². The first-order valence-electron chi connectivity index (χ1n) is 9.43. The van der Waals surface area contributed by atoms with Crippen molar-refractivity contribution in [2.75, 3.05) is 20.3 Å². The van der Waals surface area contributed by atoms with Gasteiger partial charge in [0, 0.05) is 12.1 Å². The lowest BCUT2D eigenvalue weighted by Gasteiger charge is -2.13. The number of carbonyl (C=O) groups excluding carboxylic acids is 1. The minimum atomic E-state index is -0.426. The first-order valence-corrected chi connectivity index (χ1v) is 10.2. The largest absolute Gasteiger partial charge is 0.493 e. The Labute approximate surface area is 174 Å². The number of rotatable bonds is 7. The molecule has 0 bridgehead atoms. The van der Waals surface area contributed by atoms with Crippen molar-refractivity contribution < 1.29 is 18.7 Å². The number of amides is 1. The van der Waals surface area contributed by atoms with Gasteiger partial charge in [-0.15, -0.1) is 0 Å². The fourth-order valence-electron chi connectivity index (χ4n) is 2.82. The number of carbonyl (C=O) groups is 1. The van der Waals surface area contributed by atoms with Crippen LogP contribution in [0.5, 0.6) is 11.5 Å². The summed E-state index contributed by atoms with van der Waals surface area (Å²) < 4.78 is 25.3. The van der Waals surface area contributed by atoms with Crippen molar-refractivity contribution in [3.8, 4) is 11.5 Å². The average Bonchev–Trinajstić information content (AvgIpc) is 3.02. The Morgan fingerprint density at radius 2 is 1.97 bits per heavy atom. The lowest BCUT2D eigenvalue weighted by Crippen LogP contribution is -2.28. The van der Waals surface area contributed by atoms with E-state index in [1.807, 2.05) is 32.0 Å². The van der Waals surface area contributed by atoms with Crippen LogP contribution in [0, 0.1) is 5.82 Å². The van der Waals surface area contributed by atoms with Crippen molar-refractivity contribution in [3.05, 3.63) is 58.8 Å². The van der Waals surface area contributed by atoms with Crippen molar-refractivity contribution in [1.82, 2.24) is 4.90 Å². The number of hydrogen-bond acceptors (Lipinski definition) is 5. The maximum Gasteiger partial charge on any atom is 0.266 e. The minimum Gasteiger partial charge on any atom is -0.493 e. The average molecular weight is 415 g/mol. The normalized spacial score (nSPS) is 16.7. The zero-order chi connectivity index (χ0) is 20.8. The highest BCUT2D eigenvalue weighted by atomic mass is 32.2. The molecule has 1 aliphatic heterocycles. The molecule has 0 aliphatic carbocycles. The second-order valence-electron chi connectivity index (χ2n) is 6.23. The van der Waals surface area contributed by atoms with Gasteiger partial charge in [0.15, 0.2) is 16.7 Å². The Bertz CT molecular complexity index is 959. The molecule has 0 radical (unpaired) electrons. The summed E-state index contributed by atoms with van der Waals surface area (Å²) in [4.78, 5) is 19.3. The van der Waals surface area contributed by atoms with Gasteiger partial charge in [-0.25, -0.2) is 9.38 Å². The second-order valence-corrected chi connectivity index (χ2v) is 7.24. The van der Waals surface area contributed by atoms with Crippen molar-refractivity contribution in [1.29, 1.82) is 0 Å². The number of hydrogen-bond donors (Lipinski definition) is 0. The molecule has 3 rings (SSSR count). The predicted octanol–water partition coefficient (Wildman–Crippen LogP) is 5.25. The molecule has 29 heavy (non-hydrogen) atoms. The third kappa shape index (κ3) is 4.62. The molecule has 0 unspecified atom stereocenters. The van der Waals surface area contributed by atoms with Crippen molar-refractivity contribution >= 4 is 34.6 Å². The number of methoxy groups -OCH3 is 1. The summed E-state index contributed by atoms with van der Waals surface area (Å²) in [6.07, 6.45) is 2.62. The Balaban J connectivity index is 1.99. The van der Waals surface area contributed by atoms with Crippen LogP contribution in [-0.2, 0) is 4.79 Å². The van der Waals surface area contributed by atoms with E-state index in [1.165, 1.54) is 22.7 Å². The predicted molar refractivity (Wildman–Crippen MR) is 115 cm³/mol. The Hall–Kier alpha value is -2.80. The molecule has 7 heteroatoms. The van der Waals surface area contributed by atoms with Crippen LogP contribution < -0.4 is 9.47 Å². The number of nitrogens with zero attached hydrogens (tertiary/aromatic N) is 2. The monoisotopic (exact) mass is 414 g/mol. The highest BCUT2D eigenvalue weighted by Gasteiger charge is 2.32. The van der Waals surface area contributed by atoms with Gasteiger partial charge < -0.3 is 9.47 Å². The zero-order valence-corrected chi connectivity index (χ0v) is 17.5. The van der Waals surface area contributed by atoms with E-state index in [0.717, 1.165) is 12.0 Å². The van der Waals surface area contributed by atoms with Crippen molar-refractivity contribution in [3.63, 3.8) is 0 Å². The molecule has 1 aliphatic rings. The molecule has 1 amide bonds. The van der Waals surface area contributed by atoms with E-state index >= 15 is 0 Å². The SMILES string of the molecule is CCCOc1c(/C=C2/SC(=Nc3ccccc3F)N(CC)C2=O)cccc1OC. The molecule has 0 aromatic heterocycles. The van der Waals surface area contributed by atoms with Gasteiger partial charge in [-0.3, -0.25) is 9.69 Å². The number of aliphatic imine (C=N–C) groups is 1. The third-order valence-corrected chi connectivity index (χ3v) is 5.25. The van der Waals surface area contributed by atoms with Crippen LogP contribution in [0.4, 0.5) is 10.1 Å². The van der Waals surface area contributed by atoms with Crippen LogP contribution in [0.1, 0.15) is 25.8 Å². The number of likely N-dealkylation sites (N-methyl/N-ethyl adjacent to an activating group) is 1. The Morgan fingerprint density at radius 1 is 1.17 bits per heavy atom. The van der Waals surface area contributed by atoms with Gasteiger partial charge >= 0.3 is 0 Å². The van der Waals surface area contributed by atoms with E-state index in [4.69, 9.17) is 9.47 Å². The fourth-order valence-corrected chi connectivity index (χ4v) is 3.87. The van der Waals surface area contributed by atoms with Crippen LogP contribution in [0.2, 0.25) is 0 Å². The van der Waals surface area contributed by atoms with Crippen LogP contribution in [0.3, 0.4) is 0 Å². The van der Waals surface area contributed by atoms with Crippen molar-refractivity contribution in [2.24, 2.45) is 4.99 Å². The molecule has 0 saturated carbocycles. The van der Waals surface area contributed by atoms with Gasteiger partial charge in [-0.05, 0) is 49.4 Å². The van der Waals surface area contributed by atoms with E-state index in [9.17, 15) is 9.18 Å². The van der Waals surface area contributed by atoms with Gasteiger partial charge in [0.05, 0.1) is 18.6 Å². The van der Waals surface area contributed by atoms with Crippen LogP contribution in [0.25, 0.3) is 6.08 Å². The van der Waals surface area contributed by atoms with Crippen LogP contribution >= 0.6 is 11.8 Å². The van der Waals surface area contributed by atoms with Gasteiger partial charge in [0.2, 0.25) is 0 Å². The molecule has 2 aromatic carbocycles. The van der Waals surface area contributed by atoms with Crippen LogP contribution in [0.15, 0.2) is 52.4 Å². The van der Waals surface area contributed by atoms with Crippen molar-refractivity contribution in [2.45, 2.75) is 20.3 Å². The lowest BCUT2D eigenvalue weighted by atomic mass is 10.1. The molecule has 0 spiro atoms. The number of benzene rings is 2. The molecular weight excluding hydrogens is 391 g/mol. The Morgan fingerprint density at radius 3 is 2.66 bits per heavy atom. The van der Waals surface area contributed by atoms with E-state index in [2.05, 4.69) is 4.99 Å². The summed E-state index contributed by atoms with van der Waals surface area (Å²) >= 11 is 1.22. The van der Waals surface area contributed by atoms with Gasteiger partial charge in [0.25, 0.3) is 5.91 Å². The number of para-hydroxylation sites is 2. The summed E-state index contributed by atoms with van der Waals surface area (Å²) in [6, 6.07) is 11.8. The number of ether oxygens (including phenoxy) is 2.